The molecule has 3 heteroatoms. The molecule has 0 spiro atoms. The topological polar surface area (TPSA) is 38.3 Å². The van der Waals surface area contributed by atoms with Gasteiger partial charge in [-0.25, -0.2) is 0 Å². The first-order valence-electron chi connectivity index (χ1n) is 8.53. The fraction of sp³-hybridized carbons (Fsp3) is 0.381. The predicted octanol–water partition coefficient (Wildman–Crippen LogP) is 5.35. The fourth-order valence-corrected chi connectivity index (χ4v) is 2.57. The fourth-order valence-electron chi connectivity index (χ4n) is 2.57. The predicted molar refractivity (Wildman–Crippen MR) is 99.7 cm³/mol. The van der Waals surface area contributed by atoms with Crippen LogP contribution >= 0.6 is 0 Å². The number of carbonyl (C=O) groups is 1. The van der Waals surface area contributed by atoms with Gasteiger partial charge in [0.25, 0.3) is 0 Å². The molecule has 0 aliphatic carbocycles. The van der Waals surface area contributed by atoms with E-state index in [0.717, 1.165) is 22.6 Å². The maximum Gasteiger partial charge on any atom is 0.224 e. The van der Waals surface area contributed by atoms with Crippen LogP contribution in [0.25, 0.3) is 0 Å². The van der Waals surface area contributed by atoms with Gasteiger partial charge in [0.15, 0.2) is 0 Å². The molecule has 2 aromatic rings. The van der Waals surface area contributed by atoms with Crippen molar-refractivity contribution in [1.82, 2.24) is 0 Å². The van der Waals surface area contributed by atoms with Crippen molar-refractivity contribution in [3.8, 4) is 5.75 Å². The lowest BCUT2D eigenvalue weighted by atomic mass is 10.00. The summed E-state index contributed by atoms with van der Waals surface area (Å²) in [6.07, 6.45) is 0.462. The van der Waals surface area contributed by atoms with E-state index in [1.165, 1.54) is 11.1 Å². The molecule has 24 heavy (non-hydrogen) atoms. The third-order valence-electron chi connectivity index (χ3n) is 4.10. The molecule has 0 bridgehead atoms. The molecular formula is C21H27NO2. The van der Waals surface area contributed by atoms with Crippen LogP contribution in [-0.4, -0.2) is 5.91 Å². The van der Waals surface area contributed by atoms with Crippen molar-refractivity contribution in [1.29, 1.82) is 0 Å². The molecule has 1 N–H and O–H groups in total. The van der Waals surface area contributed by atoms with Gasteiger partial charge in [0.1, 0.15) is 12.4 Å². The molecule has 0 heterocycles. The number of hydrogen-bond acceptors (Lipinski definition) is 2. The quantitative estimate of drug-likeness (QED) is 0.777. The van der Waals surface area contributed by atoms with Crippen LogP contribution < -0.4 is 10.1 Å². The molecule has 1 amide bonds. The maximum atomic E-state index is 11.8. The Hall–Kier alpha value is -2.29. The minimum atomic E-state index is 0.0139. The Labute approximate surface area is 145 Å². The molecule has 0 radical (unpaired) electrons. The standard InChI is InChI=1S/C21H27NO2/c1-6-21(23)22-19-9-8-17(14(2)3)12-18(19)13-24-20-10-7-15(4)11-16(20)5/h7-12,14H,6,13H2,1-5H3,(H,22,23). The summed E-state index contributed by atoms with van der Waals surface area (Å²) in [4.78, 5) is 11.8. The van der Waals surface area contributed by atoms with Crippen LogP contribution in [-0.2, 0) is 11.4 Å². The highest BCUT2D eigenvalue weighted by atomic mass is 16.5. The second-order valence-corrected chi connectivity index (χ2v) is 6.53. The van der Waals surface area contributed by atoms with Gasteiger partial charge in [-0.3, -0.25) is 4.79 Å². The molecular weight excluding hydrogens is 298 g/mol. The van der Waals surface area contributed by atoms with E-state index in [1.54, 1.807) is 0 Å². The molecule has 3 nitrogen and oxygen atoms in total. The van der Waals surface area contributed by atoms with E-state index in [1.807, 2.05) is 32.0 Å². The van der Waals surface area contributed by atoms with Gasteiger partial charge in [-0.2, -0.15) is 0 Å². The van der Waals surface area contributed by atoms with E-state index in [-0.39, 0.29) is 5.91 Å². The molecule has 0 aliphatic rings. The third-order valence-corrected chi connectivity index (χ3v) is 4.10. The van der Waals surface area contributed by atoms with Crippen molar-refractivity contribution < 1.29 is 9.53 Å². The largest absolute Gasteiger partial charge is 0.489 e. The van der Waals surface area contributed by atoms with Crippen LogP contribution in [0.5, 0.6) is 5.75 Å². The molecule has 2 rings (SSSR count). The number of ether oxygens (including phenoxy) is 1. The van der Waals surface area contributed by atoms with Crippen molar-refractivity contribution in [2.45, 2.75) is 53.6 Å². The molecule has 0 atom stereocenters. The second-order valence-electron chi connectivity index (χ2n) is 6.53. The first kappa shape index (κ1) is 18.1. The van der Waals surface area contributed by atoms with E-state index in [0.29, 0.717) is 18.9 Å². The second kappa shape index (κ2) is 8.00. The minimum absolute atomic E-state index is 0.0139. The Morgan fingerprint density at radius 1 is 1.12 bits per heavy atom. The van der Waals surface area contributed by atoms with Crippen LogP contribution in [0.15, 0.2) is 36.4 Å². The Balaban J connectivity index is 2.24. The first-order chi connectivity index (χ1) is 11.4. The summed E-state index contributed by atoms with van der Waals surface area (Å²) >= 11 is 0. The molecule has 0 aliphatic heterocycles. The zero-order chi connectivity index (χ0) is 17.7. The zero-order valence-corrected chi connectivity index (χ0v) is 15.3. The van der Waals surface area contributed by atoms with Crippen molar-refractivity contribution in [3.63, 3.8) is 0 Å². The molecule has 0 saturated carbocycles. The van der Waals surface area contributed by atoms with E-state index >= 15 is 0 Å². The number of amides is 1. The monoisotopic (exact) mass is 325 g/mol. The Kier molecular flexibility index (Phi) is 6.02. The molecule has 0 unspecified atom stereocenters. The average Bonchev–Trinajstić information content (AvgIpc) is 2.54. The van der Waals surface area contributed by atoms with E-state index in [4.69, 9.17) is 4.74 Å². The lowest BCUT2D eigenvalue weighted by molar-refractivity contribution is -0.115. The summed E-state index contributed by atoms with van der Waals surface area (Å²) in [5.74, 6) is 1.32. The summed E-state index contributed by atoms with van der Waals surface area (Å²) in [6, 6.07) is 12.3. The van der Waals surface area contributed by atoms with Crippen molar-refractivity contribution in [3.05, 3.63) is 58.7 Å². The molecule has 128 valence electrons. The highest BCUT2D eigenvalue weighted by Gasteiger charge is 2.10. The lowest BCUT2D eigenvalue weighted by Crippen LogP contribution is -2.12. The van der Waals surface area contributed by atoms with Crippen LogP contribution in [0.1, 0.15) is 55.4 Å². The smallest absolute Gasteiger partial charge is 0.224 e. The first-order valence-corrected chi connectivity index (χ1v) is 8.53. The third kappa shape index (κ3) is 4.60. The Morgan fingerprint density at radius 2 is 1.88 bits per heavy atom. The maximum absolute atomic E-state index is 11.8. The van der Waals surface area contributed by atoms with Gasteiger partial charge >= 0.3 is 0 Å². The van der Waals surface area contributed by atoms with Crippen LogP contribution in [0.3, 0.4) is 0 Å². The number of carbonyl (C=O) groups excluding carboxylic acids is 1. The number of rotatable bonds is 6. The van der Waals surface area contributed by atoms with Gasteiger partial charge < -0.3 is 10.1 Å². The van der Waals surface area contributed by atoms with Crippen LogP contribution in [0, 0.1) is 13.8 Å². The SMILES string of the molecule is CCC(=O)Nc1ccc(C(C)C)cc1COc1ccc(C)cc1C. The highest BCUT2D eigenvalue weighted by Crippen LogP contribution is 2.26. The van der Waals surface area contributed by atoms with Crippen LogP contribution in [0.4, 0.5) is 5.69 Å². The van der Waals surface area contributed by atoms with Gasteiger partial charge in [0.2, 0.25) is 5.91 Å². The van der Waals surface area contributed by atoms with Gasteiger partial charge in [-0.1, -0.05) is 50.6 Å². The number of nitrogens with one attached hydrogen (secondary N) is 1. The molecule has 0 aromatic heterocycles. The van der Waals surface area contributed by atoms with E-state index in [9.17, 15) is 4.79 Å². The molecule has 0 fully saturated rings. The zero-order valence-electron chi connectivity index (χ0n) is 15.3. The normalized spacial score (nSPS) is 10.8. The highest BCUT2D eigenvalue weighted by molar-refractivity contribution is 5.91. The van der Waals surface area contributed by atoms with Gasteiger partial charge in [-0.05, 0) is 43.0 Å². The number of hydrogen-bond donors (Lipinski definition) is 1. The Bertz CT molecular complexity index is 720. The minimum Gasteiger partial charge on any atom is -0.489 e. The number of anilines is 1. The van der Waals surface area contributed by atoms with E-state index in [2.05, 4.69) is 44.3 Å². The summed E-state index contributed by atoms with van der Waals surface area (Å²) in [7, 11) is 0. The summed E-state index contributed by atoms with van der Waals surface area (Å²) in [5.41, 5.74) is 5.41. The number of benzene rings is 2. The van der Waals surface area contributed by atoms with Gasteiger partial charge in [-0.15, -0.1) is 0 Å². The summed E-state index contributed by atoms with van der Waals surface area (Å²) in [5, 5.41) is 2.97. The van der Waals surface area contributed by atoms with Crippen molar-refractivity contribution >= 4 is 11.6 Å². The van der Waals surface area contributed by atoms with Crippen LogP contribution in [0.2, 0.25) is 0 Å². The average molecular weight is 325 g/mol. The molecule has 2 aromatic carbocycles. The van der Waals surface area contributed by atoms with Crippen molar-refractivity contribution in [2.24, 2.45) is 0 Å². The number of aryl methyl sites for hydroxylation is 2. The van der Waals surface area contributed by atoms with Gasteiger partial charge in [0, 0.05) is 17.7 Å². The summed E-state index contributed by atoms with van der Waals surface area (Å²) < 4.78 is 6.02. The van der Waals surface area contributed by atoms with Crippen molar-refractivity contribution in [2.75, 3.05) is 5.32 Å². The lowest BCUT2D eigenvalue weighted by Gasteiger charge is -2.16. The van der Waals surface area contributed by atoms with Gasteiger partial charge in [0.05, 0.1) is 0 Å². The van der Waals surface area contributed by atoms with E-state index < -0.39 is 0 Å². The summed E-state index contributed by atoms with van der Waals surface area (Å²) in [6.45, 7) is 10.7. The molecule has 0 saturated heterocycles. The Morgan fingerprint density at radius 3 is 2.50 bits per heavy atom.